The Hall–Kier alpha value is -2.50. The molecule has 0 bridgehead atoms. The van der Waals surface area contributed by atoms with Crippen molar-refractivity contribution in [3.63, 3.8) is 0 Å². The number of carboxylic acid groups (broad SMARTS) is 1. The molecule has 1 atom stereocenters. The maximum Gasteiger partial charge on any atom is 0.407 e. The lowest BCUT2D eigenvalue weighted by atomic mass is 10.1. The van der Waals surface area contributed by atoms with Gasteiger partial charge in [0.15, 0.2) is 0 Å². The summed E-state index contributed by atoms with van der Waals surface area (Å²) in [5, 5.41) is 13.5. The Morgan fingerprint density at radius 3 is 2.90 bits per heavy atom. The van der Waals surface area contributed by atoms with Crippen molar-refractivity contribution in [2.75, 3.05) is 7.11 Å². The van der Waals surface area contributed by atoms with Gasteiger partial charge in [0.25, 0.3) is 0 Å². The highest BCUT2D eigenvalue weighted by Crippen LogP contribution is 2.26. The molecule has 1 aliphatic heterocycles. The highest BCUT2D eigenvalue weighted by Gasteiger charge is 2.26. The van der Waals surface area contributed by atoms with Crippen LogP contribution in [0.4, 0.5) is 4.79 Å². The number of hydrogen-bond acceptors (Lipinski definition) is 3. The normalized spacial score (nSPS) is 14.9. The summed E-state index contributed by atoms with van der Waals surface area (Å²) in [6.07, 6.45) is 1.03. The molecule has 0 aliphatic carbocycles. The molecule has 110 valence electrons. The van der Waals surface area contributed by atoms with Gasteiger partial charge in [0.2, 0.25) is 0 Å². The molecule has 1 unspecified atom stereocenters. The number of aromatic nitrogens is 2. The van der Waals surface area contributed by atoms with Crippen LogP contribution in [0.2, 0.25) is 0 Å². The Labute approximate surface area is 122 Å². The monoisotopic (exact) mass is 287 g/mol. The average molecular weight is 287 g/mol. The quantitative estimate of drug-likeness (QED) is 0.941. The Bertz CT molecular complexity index is 657. The number of amides is 1. The van der Waals surface area contributed by atoms with Gasteiger partial charge in [0, 0.05) is 11.8 Å². The van der Waals surface area contributed by atoms with E-state index in [1.54, 1.807) is 7.11 Å². The molecule has 1 N–H and O–H groups in total. The van der Waals surface area contributed by atoms with Crippen LogP contribution in [0.25, 0.3) is 0 Å². The number of carbonyl (C=O) groups is 1. The van der Waals surface area contributed by atoms with E-state index in [1.807, 2.05) is 35.1 Å². The van der Waals surface area contributed by atoms with Crippen molar-refractivity contribution >= 4 is 6.09 Å². The van der Waals surface area contributed by atoms with Crippen LogP contribution in [0, 0.1) is 0 Å². The van der Waals surface area contributed by atoms with Gasteiger partial charge in [-0.15, -0.1) is 0 Å². The minimum absolute atomic E-state index is 0.0731. The standard InChI is InChI=1S/C15H17N3O3/c1-10(11-4-3-5-13(6-11)21-2)18-8-12-7-17(15(19)20)9-14(12)16-18/h3-6,8,10H,7,9H2,1-2H3,(H,19,20). The number of rotatable bonds is 3. The zero-order chi connectivity index (χ0) is 15.0. The second-order valence-corrected chi connectivity index (χ2v) is 5.17. The third-order valence-electron chi connectivity index (χ3n) is 3.84. The van der Waals surface area contributed by atoms with Crippen molar-refractivity contribution in [2.24, 2.45) is 0 Å². The maximum absolute atomic E-state index is 11.0. The van der Waals surface area contributed by atoms with Crippen LogP contribution in [-0.2, 0) is 13.1 Å². The second-order valence-electron chi connectivity index (χ2n) is 5.17. The number of ether oxygens (including phenoxy) is 1. The smallest absolute Gasteiger partial charge is 0.407 e. The minimum atomic E-state index is -0.902. The van der Waals surface area contributed by atoms with Crippen molar-refractivity contribution < 1.29 is 14.6 Å². The molecule has 1 aromatic carbocycles. The van der Waals surface area contributed by atoms with Crippen LogP contribution in [0.3, 0.4) is 0 Å². The topological polar surface area (TPSA) is 67.6 Å². The lowest BCUT2D eigenvalue weighted by Crippen LogP contribution is -2.23. The number of fused-ring (bicyclic) bond motifs is 1. The molecule has 3 rings (SSSR count). The third kappa shape index (κ3) is 2.44. The SMILES string of the molecule is COc1cccc(C(C)n2cc3c(n2)CN(C(=O)O)C3)c1. The molecule has 1 aromatic heterocycles. The number of benzene rings is 1. The summed E-state index contributed by atoms with van der Waals surface area (Å²) in [7, 11) is 1.65. The molecular weight excluding hydrogens is 270 g/mol. The number of methoxy groups -OCH3 is 1. The van der Waals surface area contributed by atoms with Crippen LogP contribution in [0.5, 0.6) is 5.75 Å². The molecule has 2 heterocycles. The zero-order valence-electron chi connectivity index (χ0n) is 12.0. The summed E-state index contributed by atoms with van der Waals surface area (Å²) in [5.74, 6) is 0.816. The minimum Gasteiger partial charge on any atom is -0.497 e. The van der Waals surface area contributed by atoms with Gasteiger partial charge in [0.1, 0.15) is 5.75 Å². The predicted molar refractivity (Wildman–Crippen MR) is 76.3 cm³/mol. The van der Waals surface area contributed by atoms with E-state index < -0.39 is 6.09 Å². The summed E-state index contributed by atoms with van der Waals surface area (Å²) >= 11 is 0. The van der Waals surface area contributed by atoms with E-state index in [9.17, 15) is 4.79 Å². The largest absolute Gasteiger partial charge is 0.497 e. The zero-order valence-corrected chi connectivity index (χ0v) is 12.0. The molecule has 0 saturated carbocycles. The average Bonchev–Trinajstić information content (AvgIpc) is 3.05. The van der Waals surface area contributed by atoms with Crippen molar-refractivity contribution in [1.82, 2.24) is 14.7 Å². The van der Waals surface area contributed by atoms with Gasteiger partial charge in [-0.1, -0.05) is 12.1 Å². The molecule has 1 aliphatic rings. The van der Waals surface area contributed by atoms with Gasteiger partial charge in [-0.2, -0.15) is 5.10 Å². The van der Waals surface area contributed by atoms with Crippen molar-refractivity contribution in [1.29, 1.82) is 0 Å². The first-order valence-corrected chi connectivity index (χ1v) is 6.77. The first-order valence-electron chi connectivity index (χ1n) is 6.77. The predicted octanol–water partition coefficient (Wildman–Crippen LogP) is 2.49. The number of nitrogens with zero attached hydrogens (tertiary/aromatic N) is 3. The highest BCUT2D eigenvalue weighted by molar-refractivity contribution is 5.66. The molecule has 1 amide bonds. The van der Waals surface area contributed by atoms with E-state index in [2.05, 4.69) is 12.0 Å². The summed E-state index contributed by atoms with van der Waals surface area (Å²) in [4.78, 5) is 12.3. The van der Waals surface area contributed by atoms with E-state index in [0.717, 1.165) is 22.6 Å². The van der Waals surface area contributed by atoms with Gasteiger partial charge in [0.05, 0.1) is 31.9 Å². The molecule has 0 saturated heterocycles. The molecule has 6 nitrogen and oxygen atoms in total. The maximum atomic E-state index is 11.0. The van der Waals surface area contributed by atoms with E-state index in [4.69, 9.17) is 9.84 Å². The van der Waals surface area contributed by atoms with E-state index in [-0.39, 0.29) is 6.04 Å². The van der Waals surface area contributed by atoms with Gasteiger partial charge >= 0.3 is 6.09 Å². The fourth-order valence-electron chi connectivity index (χ4n) is 2.56. The summed E-state index contributed by atoms with van der Waals surface area (Å²) in [6.45, 7) is 2.84. The van der Waals surface area contributed by atoms with Crippen LogP contribution in [0.1, 0.15) is 29.8 Å². The second kappa shape index (κ2) is 5.12. The Morgan fingerprint density at radius 1 is 1.43 bits per heavy atom. The Balaban J connectivity index is 1.83. The number of hydrogen-bond donors (Lipinski definition) is 1. The molecule has 0 radical (unpaired) electrons. The lowest BCUT2D eigenvalue weighted by molar-refractivity contribution is 0.144. The van der Waals surface area contributed by atoms with E-state index in [1.165, 1.54) is 4.90 Å². The van der Waals surface area contributed by atoms with Gasteiger partial charge in [-0.05, 0) is 24.6 Å². The third-order valence-corrected chi connectivity index (χ3v) is 3.84. The summed E-state index contributed by atoms with van der Waals surface area (Å²) < 4.78 is 7.13. The lowest BCUT2D eigenvalue weighted by Gasteiger charge is -2.15. The fourth-order valence-corrected chi connectivity index (χ4v) is 2.56. The van der Waals surface area contributed by atoms with Crippen LogP contribution in [0.15, 0.2) is 30.5 Å². The van der Waals surface area contributed by atoms with E-state index >= 15 is 0 Å². The van der Waals surface area contributed by atoms with Crippen LogP contribution in [-0.4, -0.2) is 33.0 Å². The van der Waals surface area contributed by atoms with Crippen molar-refractivity contribution in [2.45, 2.75) is 26.1 Å². The highest BCUT2D eigenvalue weighted by atomic mass is 16.5. The van der Waals surface area contributed by atoms with Gasteiger partial charge < -0.3 is 9.84 Å². The molecular formula is C15H17N3O3. The Kier molecular flexibility index (Phi) is 3.29. The molecule has 0 fully saturated rings. The van der Waals surface area contributed by atoms with Gasteiger partial charge in [-0.25, -0.2) is 4.79 Å². The molecule has 0 spiro atoms. The van der Waals surface area contributed by atoms with Crippen LogP contribution >= 0.6 is 0 Å². The van der Waals surface area contributed by atoms with Crippen molar-refractivity contribution in [3.05, 3.63) is 47.3 Å². The first-order chi connectivity index (χ1) is 10.1. The Morgan fingerprint density at radius 2 is 2.24 bits per heavy atom. The molecule has 6 heteroatoms. The van der Waals surface area contributed by atoms with Gasteiger partial charge in [-0.3, -0.25) is 9.58 Å². The summed E-state index contributed by atoms with van der Waals surface area (Å²) in [6, 6.07) is 7.95. The first kappa shape index (κ1) is 13.5. The van der Waals surface area contributed by atoms with E-state index in [0.29, 0.717) is 13.1 Å². The molecule has 2 aromatic rings. The van der Waals surface area contributed by atoms with Crippen molar-refractivity contribution in [3.8, 4) is 5.75 Å². The molecule has 21 heavy (non-hydrogen) atoms. The fraction of sp³-hybridized carbons (Fsp3) is 0.333. The van der Waals surface area contributed by atoms with Crippen LogP contribution < -0.4 is 4.74 Å². The summed E-state index contributed by atoms with van der Waals surface area (Å²) in [5.41, 5.74) is 2.92.